The van der Waals surface area contributed by atoms with E-state index in [4.69, 9.17) is 9.15 Å². The first-order valence-electron chi connectivity index (χ1n) is 8.58. The van der Waals surface area contributed by atoms with E-state index in [0.717, 1.165) is 36.0 Å². The van der Waals surface area contributed by atoms with E-state index >= 15 is 0 Å². The van der Waals surface area contributed by atoms with E-state index in [1.54, 1.807) is 4.68 Å². The number of furan rings is 1. The highest BCUT2D eigenvalue weighted by atomic mass is 16.5. The number of para-hydroxylation sites is 1. The molecule has 1 fully saturated rings. The molecule has 0 radical (unpaired) electrons. The molecule has 25 heavy (non-hydrogen) atoms. The van der Waals surface area contributed by atoms with Crippen molar-refractivity contribution in [2.45, 2.75) is 25.9 Å². The smallest absolute Gasteiger partial charge is 0.170 e. The summed E-state index contributed by atoms with van der Waals surface area (Å²) < 4.78 is 13.4. The van der Waals surface area contributed by atoms with Gasteiger partial charge in [0.1, 0.15) is 11.5 Å². The van der Waals surface area contributed by atoms with Crippen LogP contribution in [0.1, 0.15) is 30.3 Å². The van der Waals surface area contributed by atoms with Gasteiger partial charge in [-0.3, -0.25) is 4.90 Å². The fourth-order valence-electron chi connectivity index (χ4n) is 3.11. The molecule has 1 unspecified atom stereocenters. The average molecular weight is 339 g/mol. The van der Waals surface area contributed by atoms with E-state index in [9.17, 15) is 0 Å². The molecule has 0 saturated carbocycles. The van der Waals surface area contributed by atoms with Gasteiger partial charge in [0.15, 0.2) is 5.82 Å². The van der Waals surface area contributed by atoms with Crippen molar-refractivity contribution in [1.29, 1.82) is 0 Å². The van der Waals surface area contributed by atoms with Crippen molar-refractivity contribution in [3.05, 3.63) is 59.8 Å². The Labute approximate surface area is 146 Å². The van der Waals surface area contributed by atoms with Crippen LogP contribution in [0.2, 0.25) is 0 Å². The van der Waals surface area contributed by atoms with Crippen molar-refractivity contribution in [2.24, 2.45) is 0 Å². The first-order valence-corrected chi connectivity index (χ1v) is 8.58. The minimum absolute atomic E-state index is 0.0787. The Kier molecular flexibility index (Phi) is 4.58. The summed E-state index contributed by atoms with van der Waals surface area (Å²) in [6.07, 6.45) is 0.889. The Morgan fingerprint density at radius 1 is 1.16 bits per heavy atom. The van der Waals surface area contributed by atoms with Gasteiger partial charge in [-0.25, -0.2) is 0 Å². The minimum atomic E-state index is 0.0787. The lowest BCUT2D eigenvalue weighted by atomic mass is 10.1. The lowest BCUT2D eigenvalue weighted by molar-refractivity contribution is -0.0219. The number of hydrogen-bond donors (Lipinski definition) is 0. The van der Waals surface area contributed by atoms with Gasteiger partial charge < -0.3 is 9.15 Å². The van der Waals surface area contributed by atoms with Gasteiger partial charge in [-0.1, -0.05) is 25.1 Å². The second-order valence-electron chi connectivity index (χ2n) is 6.06. The third-order valence-corrected chi connectivity index (χ3v) is 4.48. The van der Waals surface area contributed by atoms with Gasteiger partial charge in [0.05, 0.1) is 31.5 Å². The molecule has 3 heterocycles. The highest BCUT2D eigenvalue weighted by Gasteiger charge is 2.28. The third kappa shape index (κ3) is 3.33. The van der Waals surface area contributed by atoms with E-state index in [1.165, 1.54) is 0 Å². The van der Waals surface area contributed by atoms with Gasteiger partial charge in [-0.05, 0) is 34.7 Å². The molecule has 0 bridgehead atoms. The maximum absolute atomic E-state index is 5.96. The summed E-state index contributed by atoms with van der Waals surface area (Å²) in [5.41, 5.74) is 0.957. The molecule has 1 saturated heterocycles. The summed E-state index contributed by atoms with van der Waals surface area (Å²) in [5, 5.41) is 12.2. The SMILES string of the molecule is CCc1ccc(C2COCCN2Cc2nnnn2-c2ccccc2)o1. The van der Waals surface area contributed by atoms with Gasteiger partial charge in [-0.15, -0.1) is 5.10 Å². The Hall–Kier alpha value is -2.51. The van der Waals surface area contributed by atoms with Crippen LogP contribution in [-0.4, -0.2) is 44.9 Å². The Morgan fingerprint density at radius 3 is 2.84 bits per heavy atom. The summed E-state index contributed by atoms with van der Waals surface area (Å²) >= 11 is 0. The number of aromatic nitrogens is 4. The van der Waals surface area contributed by atoms with Crippen LogP contribution in [0, 0.1) is 0 Å². The van der Waals surface area contributed by atoms with E-state index in [0.29, 0.717) is 19.8 Å². The van der Waals surface area contributed by atoms with Crippen LogP contribution in [0.4, 0.5) is 0 Å². The largest absolute Gasteiger partial charge is 0.464 e. The lowest BCUT2D eigenvalue weighted by Crippen LogP contribution is -2.39. The van der Waals surface area contributed by atoms with Gasteiger partial charge in [0, 0.05) is 13.0 Å². The molecule has 2 aromatic heterocycles. The Balaban J connectivity index is 1.58. The van der Waals surface area contributed by atoms with Crippen molar-refractivity contribution in [3.8, 4) is 5.69 Å². The van der Waals surface area contributed by atoms with Crippen molar-refractivity contribution in [1.82, 2.24) is 25.1 Å². The maximum atomic E-state index is 5.96. The second kappa shape index (κ2) is 7.16. The normalized spacial score (nSPS) is 18.5. The fraction of sp³-hybridized carbons (Fsp3) is 0.389. The van der Waals surface area contributed by atoms with Crippen LogP contribution in [0.25, 0.3) is 5.69 Å². The van der Waals surface area contributed by atoms with Crippen LogP contribution in [0.3, 0.4) is 0 Å². The summed E-state index contributed by atoms with van der Waals surface area (Å²) in [6, 6.07) is 14.1. The highest BCUT2D eigenvalue weighted by molar-refractivity contribution is 5.30. The molecular weight excluding hydrogens is 318 g/mol. The van der Waals surface area contributed by atoms with Crippen molar-refractivity contribution < 1.29 is 9.15 Å². The number of hydrogen-bond acceptors (Lipinski definition) is 6. The molecule has 130 valence electrons. The molecule has 0 amide bonds. The van der Waals surface area contributed by atoms with Gasteiger partial charge in [0.25, 0.3) is 0 Å². The molecule has 1 aliphatic rings. The standard InChI is InChI=1S/C18H21N5O2/c1-2-15-8-9-17(25-15)16-13-24-11-10-22(16)12-18-19-20-21-23(18)14-6-4-3-5-7-14/h3-9,16H,2,10-13H2,1H3. The zero-order valence-electron chi connectivity index (χ0n) is 14.2. The number of benzene rings is 1. The van der Waals surface area contributed by atoms with Crippen LogP contribution in [-0.2, 0) is 17.7 Å². The van der Waals surface area contributed by atoms with E-state index in [1.807, 2.05) is 42.5 Å². The molecular formula is C18H21N5O2. The number of ether oxygens (including phenoxy) is 1. The van der Waals surface area contributed by atoms with Gasteiger partial charge in [0.2, 0.25) is 0 Å². The topological polar surface area (TPSA) is 69.2 Å². The number of tetrazole rings is 1. The number of nitrogens with zero attached hydrogens (tertiary/aromatic N) is 5. The molecule has 7 nitrogen and oxygen atoms in total. The van der Waals surface area contributed by atoms with E-state index in [2.05, 4.69) is 27.3 Å². The second-order valence-corrected chi connectivity index (χ2v) is 6.06. The van der Waals surface area contributed by atoms with E-state index < -0.39 is 0 Å². The van der Waals surface area contributed by atoms with Crippen molar-refractivity contribution in [3.63, 3.8) is 0 Å². The quantitative estimate of drug-likeness (QED) is 0.711. The third-order valence-electron chi connectivity index (χ3n) is 4.48. The number of aryl methyl sites for hydroxylation is 1. The summed E-state index contributed by atoms with van der Waals surface area (Å²) in [5.74, 6) is 2.74. The average Bonchev–Trinajstić information content (AvgIpc) is 3.32. The molecule has 1 aromatic carbocycles. The lowest BCUT2D eigenvalue weighted by Gasteiger charge is -2.33. The predicted molar refractivity (Wildman–Crippen MR) is 91.2 cm³/mol. The van der Waals surface area contributed by atoms with Crippen molar-refractivity contribution >= 4 is 0 Å². The molecule has 7 heteroatoms. The molecule has 4 rings (SSSR count). The first kappa shape index (κ1) is 16.0. The molecule has 0 N–H and O–H groups in total. The molecule has 1 atom stereocenters. The Morgan fingerprint density at radius 2 is 2.04 bits per heavy atom. The maximum Gasteiger partial charge on any atom is 0.170 e. The van der Waals surface area contributed by atoms with Gasteiger partial charge >= 0.3 is 0 Å². The minimum Gasteiger partial charge on any atom is -0.464 e. The highest BCUT2D eigenvalue weighted by Crippen LogP contribution is 2.27. The first-order chi connectivity index (χ1) is 12.3. The van der Waals surface area contributed by atoms with Gasteiger partial charge in [-0.2, -0.15) is 4.68 Å². The predicted octanol–water partition coefficient (Wildman–Crippen LogP) is 2.39. The summed E-state index contributed by atoms with van der Waals surface area (Å²) in [7, 11) is 0. The van der Waals surface area contributed by atoms with Crippen LogP contribution in [0.5, 0.6) is 0 Å². The Bertz CT molecular complexity index is 814. The zero-order valence-corrected chi connectivity index (χ0v) is 14.2. The number of morpholine rings is 1. The van der Waals surface area contributed by atoms with Crippen LogP contribution >= 0.6 is 0 Å². The molecule has 0 spiro atoms. The molecule has 1 aliphatic heterocycles. The van der Waals surface area contributed by atoms with Crippen LogP contribution in [0.15, 0.2) is 46.9 Å². The van der Waals surface area contributed by atoms with Crippen molar-refractivity contribution in [2.75, 3.05) is 19.8 Å². The summed E-state index contributed by atoms with van der Waals surface area (Å²) in [6.45, 7) is 4.85. The zero-order chi connectivity index (χ0) is 17.1. The van der Waals surface area contributed by atoms with E-state index in [-0.39, 0.29) is 6.04 Å². The van der Waals surface area contributed by atoms with Crippen LogP contribution < -0.4 is 0 Å². The molecule has 0 aliphatic carbocycles. The number of rotatable bonds is 5. The summed E-state index contributed by atoms with van der Waals surface area (Å²) in [4.78, 5) is 2.31. The molecule has 3 aromatic rings. The monoisotopic (exact) mass is 339 g/mol. The fourth-order valence-corrected chi connectivity index (χ4v) is 3.11.